The third-order valence-corrected chi connectivity index (χ3v) is 5.03. The maximum absolute atomic E-state index is 14.3. The van der Waals surface area contributed by atoms with E-state index >= 15 is 0 Å². The Balaban J connectivity index is 1.58. The van der Waals surface area contributed by atoms with Crippen LogP contribution in [0, 0.1) is 12.7 Å². The van der Waals surface area contributed by atoms with Gasteiger partial charge in [-0.25, -0.2) is 14.4 Å². The normalized spacial score (nSPS) is 16.3. The lowest BCUT2D eigenvalue weighted by Crippen LogP contribution is -2.30. The summed E-state index contributed by atoms with van der Waals surface area (Å²) in [4.78, 5) is 27.8. The fourth-order valence-electron chi connectivity index (χ4n) is 3.54. The molecule has 4 rings (SSSR count). The quantitative estimate of drug-likeness (QED) is 0.638. The molecule has 0 spiro atoms. The number of carbonyl (C=O) groups excluding carboxylic acids is 1. The van der Waals surface area contributed by atoms with Gasteiger partial charge in [0.05, 0.1) is 18.0 Å². The van der Waals surface area contributed by atoms with Crippen LogP contribution >= 0.6 is 0 Å². The molecule has 30 heavy (non-hydrogen) atoms. The molecule has 1 aliphatic rings. The molecule has 1 atom stereocenters. The van der Waals surface area contributed by atoms with Gasteiger partial charge in [-0.2, -0.15) is 4.98 Å². The Morgan fingerprint density at radius 1 is 1.37 bits per heavy atom. The van der Waals surface area contributed by atoms with Crippen LogP contribution in [0.5, 0.6) is 5.88 Å². The smallest absolute Gasteiger partial charge is 0.262 e. The van der Waals surface area contributed by atoms with Crippen molar-refractivity contribution in [3.05, 3.63) is 41.7 Å². The van der Waals surface area contributed by atoms with E-state index in [2.05, 4.69) is 30.5 Å². The number of amides is 1. The minimum Gasteiger partial charge on any atom is -0.477 e. The zero-order valence-electron chi connectivity index (χ0n) is 17.1. The molecule has 4 heterocycles. The predicted octanol–water partition coefficient (Wildman–Crippen LogP) is 2.02. The molecule has 1 aliphatic heterocycles. The monoisotopic (exact) mass is 413 g/mol. The first-order chi connectivity index (χ1) is 14.5. The number of ether oxygens (including phenoxy) is 1. The van der Waals surface area contributed by atoms with Crippen molar-refractivity contribution in [3.8, 4) is 5.88 Å². The van der Waals surface area contributed by atoms with Gasteiger partial charge in [-0.3, -0.25) is 4.79 Å². The molecule has 3 aromatic rings. The van der Waals surface area contributed by atoms with E-state index in [9.17, 15) is 9.18 Å². The number of nitrogens with one attached hydrogen (secondary N) is 2. The van der Waals surface area contributed by atoms with Crippen LogP contribution in [0.15, 0.2) is 24.7 Å². The lowest BCUT2D eigenvalue weighted by atomic mass is 10.3. The van der Waals surface area contributed by atoms with Crippen LogP contribution in [0.25, 0.3) is 5.65 Å². The van der Waals surface area contributed by atoms with Gasteiger partial charge in [0, 0.05) is 43.8 Å². The number of aromatic nitrogens is 4. The third kappa shape index (κ3) is 3.90. The van der Waals surface area contributed by atoms with Gasteiger partial charge in [-0.15, -0.1) is 0 Å². The molecule has 9 nitrogen and oxygen atoms in total. The van der Waals surface area contributed by atoms with Crippen molar-refractivity contribution in [1.82, 2.24) is 24.7 Å². The van der Waals surface area contributed by atoms with Crippen LogP contribution in [-0.4, -0.2) is 58.0 Å². The lowest BCUT2D eigenvalue weighted by molar-refractivity contribution is 0.102. The molecule has 158 valence electrons. The highest BCUT2D eigenvalue weighted by atomic mass is 19.1. The summed E-state index contributed by atoms with van der Waals surface area (Å²) in [6, 6.07) is 1.61. The highest BCUT2D eigenvalue weighted by Gasteiger charge is 2.25. The molecule has 10 heteroatoms. The topological polar surface area (TPSA) is 96.7 Å². The van der Waals surface area contributed by atoms with Crippen LogP contribution in [0.3, 0.4) is 0 Å². The molecule has 0 saturated carbocycles. The van der Waals surface area contributed by atoms with Gasteiger partial charge >= 0.3 is 0 Å². The number of aryl methyl sites for hydroxylation is 1. The van der Waals surface area contributed by atoms with E-state index in [1.165, 1.54) is 16.7 Å². The Kier molecular flexibility index (Phi) is 5.49. The number of hydrogen-bond donors (Lipinski definition) is 2. The molecule has 1 amide bonds. The maximum Gasteiger partial charge on any atom is 0.262 e. The van der Waals surface area contributed by atoms with Crippen LogP contribution < -0.4 is 20.3 Å². The average Bonchev–Trinajstić information content (AvgIpc) is 3.34. The molecule has 0 aromatic carbocycles. The number of pyridine rings is 1. The molecular formula is C20H24FN7O2. The second-order valence-corrected chi connectivity index (χ2v) is 7.19. The van der Waals surface area contributed by atoms with E-state index in [0.29, 0.717) is 30.0 Å². The number of fused-ring (bicyclic) bond motifs is 1. The van der Waals surface area contributed by atoms with Crippen molar-refractivity contribution in [1.29, 1.82) is 0 Å². The lowest BCUT2D eigenvalue weighted by Gasteiger charge is -2.18. The number of hydrogen-bond acceptors (Lipinski definition) is 7. The van der Waals surface area contributed by atoms with Crippen molar-refractivity contribution in [2.45, 2.75) is 26.3 Å². The summed E-state index contributed by atoms with van der Waals surface area (Å²) in [5.41, 5.74) is 1.37. The molecule has 1 saturated heterocycles. The molecule has 0 radical (unpaired) electrons. The van der Waals surface area contributed by atoms with Gasteiger partial charge in [0.25, 0.3) is 5.91 Å². The second kappa shape index (κ2) is 8.23. The molecular weight excluding hydrogens is 389 g/mol. The summed E-state index contributed by atoms with van der Waals surface area (Å²) >= 11 is 0. The summed E-state index contributed by atoms with van der Waals surface area (Å²) < 4.78 is 21.4. The number of nitrogens with zero attached hydrogens (tertiary/aromatic N) is 5. The first-order valence-corrected chi connectivity index (χ1v) is 9.86. The Morgan fingerprint density at radius 3 is 2.93 bits per heavy atom. The number of imidazole rings is 1. The van der Waals surface area contributed by atoms with E-state index in [4.69, 9.17) is 4.74 Å². The number of likely N-dealkylation sites (N-methyl/N-ethyl adjacent to an activating group) is 1. The fraction of sp³-hybridized carbons (Fsp3) is 0.400. The van der Waals surface area contributed by atoms with Crippen LogP contribution in [0.2, 0.25) is 0 Å². The standard InChI is InChI=1S/C20H24FN7O2/c1-4-30-19-15(8-23-20(26-19)27-6-5-13(10-27)22-3)18(29)25-14-7-16(21)17-24-12(2)9-28(17)11-14/h7-9,11,13,22H,4-6,10H2,1-3H3,(H,25,29). The Morgan fingerprint density at radius 2 is 2.20 bits per heavy atom. The third-order valence-electron chi connectivity index (χ3n) is 5.03. The van der Waals surface area contributed by atoms with Gasteiger partial charge in [-0.1, -0.05) is 0 Å². The van der Waals surface area contributed by atoms with Crippen LogP contribution in [-0.2, 0) is 0 Å². The van der Waals surface area contributed by atoms with Gasteiger partial charge in [0.1, 0.15) is 5.56 Å². The van der Waals surface area contributed by atoms with Crippen molar-refractivity contribution >= 4 is 23.2 Å². The first kappa shape index (κ1) is 20.0. The predicted molar refractivity (Wildman–Crippen MR) is 111 cm³/mol. The largest absolute Gasteiger partial charge is 0.477 e. The Hall–Kier alpha value is -3.27. The van der Waals surface area contributed by atoms with E-state index in [0.717, 1.165) is 19.5 Å². The first-order valence-electron chi connectivity index (χ1n) is 9.86. The minimum absolute atomic E-state index is 0.187. The highest BCUT2D eigenvalue weighted by Crippen LogP contribution is 2.23. The number of halogens is 1. The molecule has 0 bridgehead atoms. The van der Waals surface area contributed by atoms with Gasteiger partial charge in [0.2, 0.25) is 11.8 Å². The molecule has 1 unspecified atom stereocenters. The van der Waals surface area contributed by atoms with Crippen molar-refractivity contribution in [2.24, 2.45) is 0 Å². The molecule has 1 fully saturated rings. The summed E-state index contributed by atoms with van der Waals surface area (Å²) in [5.74, 6) is -0.275. The van der Waals surface area contributed by atoms with E-state index in [-0.39, 0.29) is 17.1 Å². The van der Waals surface area contributed by atoms with Gasteiger partial charge < -0.3 is 24.7 Å². The number of rotatable bonds is 6. The molecule has 2 N–H and O–H groups in total. The fourth-order valence-corrected chi connectivity index (χ4v) is 3.54. The van der Waals surface area contributed by atoms with Crippen molar-refractivity contribution < 1.29 is 13.9 Å². The summed E-state index contributed by atoms with van der Waals surface area (Å²) in [6.45, 7) is 5.56. The molecule has 0 aliphatic carbocycles. The van der Waals surface area contributed by atoms with Crippen LogP contribution in [0.4, 0.5) is 16.0 Å². The average molecular weight is 413 g/mol. The van der Waals surface area contributed by atoms with Gasteiger partial charge in [-0.05, 0) is 27.3 Å². The Labute approximate surface area is 173 Å². The summed E-state index contributed by atoms with van der Waals surface area (Å²) in [6.07, 6.45) is 5.74. The van der Waals surface area contributed by atoms with E-state index in [1.54, 1.807) is 19.3 Å². The van der Waals surface area contributed by atoms with Crippen molar-refractivity contribution in [2.75, 3.05) is 37.0 Å². The highest BCUT2D eigenvalue weighted by molar-refractivity contribution is 6.05. The zero-order chi connectivity index (χ0) is 21.3. The summed E-state index contributed by atoms with van der Waals surface area (Å²) in [7, 11) is 1.93. The minimum atomic E-state index is -0.523. The second-order valence-electron chi connectivity index (χ2n) is 7.19. The van der Waals surface area contributed by atoms with E-state index in [1.807, 2.05) is 14.0 Å². The number of anilines is 2. The molecule has 3 aromatic heterocycles. The summed E-state index contributed by atoms with van der Waals surface area (Å²) in [5, 5.41) is 5.94. The maximum atomic E-state index is 14.3. The SMILES string of the molecule is CCOc1nc(N2CCC(NC)C2)ncc1C(=O)Nc1cc(F)c2nc(C)cn2c1. The Bertz CT molecular complexity index is 1080. The zero-order valence-corrected chi connectivity index (χ0v) is 17.1. The van der Waals surface area contributed by atoms with E-state index < -0.39 is 11.7 Å². The van der Waals surface area contributed by atoms with Gasteiger partial charge in [0.15, 0.2) is 11.5 Å². The number of carbonyl (C=O) groups is 1. The van der Waals surface area contributed by atoms with Crippen molar-refractivity contribution in [3.63, 3.8) is 0 Å². The van der Waals surface area contributed by atoms with Crippen LogP contribution in [0.1, 0.15) is 29.4 Å².